The summed E-state index contributed by atoms with van der Waals surface area (Å²) in [6.45, 7) is 2.24. The summed E-state index contributed by atoms with van der Waals surface area (Å²) in [6, 6.07) is 15.3. The Morgan fingerprint density at radius 1 is 1.14 bits per heavy atom. The molecule has 108 valence electrons. The van der Waals surface area contributed by atoms with Gasteiger partial charge in [0.2, 0.25) is 0 Å². The van der Waals surface area contributed by atoms with Crippen LogP contribution in [0.15, 0.2) is 48.5 Å². The molecule has 0 N–H and O–H groups in total. The number of carbonyl (C=O) groups is 1. The van der Waals surface area contributed by atoms with Gasteiger partial charge in [-0.1, -0.05) is 30.3 Å². The monoisotopic (exact) mass is 283 g/mol. The average Bonchev–Trinajstić information content (AvgIpc) is 2.65. The highest BCUT2D eigenvalue weighted by Gasteiger charge is 2.30. The molecular formula is C17H17NO3. The molecule has 0 saturated heterocycles. The van der Waals surface area contributed by atoms with Crippen LogP contribution in [0.1, 0.15) is 12.5 Å². The molecule has 0 fully saturated rings. The Kier molecular flexibility index (Phi) is 3.52. The van der Waals surface area contributed by atoms with Crippen LogP contribution >= 0.6 is 0 Å². The molecule has 2 aromatic rings. The van der Waals surface area contributed by atoms with E-state index in [0.29, 0.717) is 18.0 Å². The van der Waals surface area contributed by atoms with Gasteiger partial charge >= 0.3 is 0 Å². The highest BCUT2D eigenvalue weighted by molar-refractivity contribution is 5.97. The molecule has 0 bridgehead atoms. The number of nitrogens with zero attached hydrogens (tertiary/aromatic N) is 1. The Hall–Kier alpha value is -2.49. The van der Waals surface area contributed by atoms with E-state index in [1.54, 1.807) is 18.9 Å². The quantitative estimate of drug-likeness (QED) is 0.850. The number of carbonyl (C=O) groups excluding carboxylic acids is 1. The molecule has 2 aromatic carbocycles. The molecule has 1 amide bonds. The molecule has 0 spiro atoms. The van der Waals surface area contributed by atoms with Crippen molar-refractivity contribution < 1.29 is 14.3 Å². The molecule has 0 aromatic heterocycles. The number of ether oxygens (including phenoxy) is 2. The van der Waals surface area contributed by atoms with Crippen LogP contribution < -0.4 is 14.4 Å². The predicted octanol–water partition coefficient (Wildman–Crippen LogP) is 3.01. The number of fused-ring (bicyclic) bond motifs is 1. The van der Waals surface area contributed by atoms with Crippen LogP contribution in [0.25, 0.3) is 0 Å². The van der Waals surface area contributed by atoms with Crippen molar-refractivity contribution in [1.82, 2.24) is 0 Å². The summed E-state index contributed by atoms with van der Waals surface area (Å²) >= 11 is 0. The van der Waals surface area contributed by atoms with Gasteiger partial charge in [-0.3, -0.25) is 4.79 Å². The van der Waals surface area contributed by atoms with E-state index < -0.39 is 6.10 Å². The van der Waals surface area contributed by atoms with E-state index in [-0.39, 0.29) is 5.91 Å². The summed E-state index contributed by atoms with van der Waals surface area (Å²) in [5, 5.41) is 0. The first-order chi connectivity index (χ1) is 10.2. The number of rotatable bonds is 2. The summed E-state index contributed by atoms with van der Waals surface area (Å²) < 4.78 is 11.2. The van der Waals surface area contributed by atoms with E-state index in [4.69, 9.17) is 9.47 Å². The summed E-state index contributed by atoms with van der Waals surface area (Å²) in [6.07, 6.45) is -0.553. The van der Waals surface area contributed by atoms with Crippen molar-refractivity contribution in [1.29, 1.82) is 0 Å². The van der Waals surface area contributed by atoms with Crippen molar-refractivity contribution in [2.45, 2.75) is 19.6 Å². The summed E-state index contributed by atoms with van der Waals surface area (Å²) in [5.74, 6) is 1.25. The zero-order chi connectivity index (χ0) is 14.8. The third-order valence-corrected chi connectivity index (χ3v) is 3.59. The fraction of sp³-hybridized carbons (Fsp3) is 0.235. The molecule has 4 nitrogen and oxygen atoms in total. The van der Waals surface area contributed by atoms with Gasteiger partial charge < -0.3 is 14.4 Å². The third-order valence-electron chi connectivity index (χ3n) is 3.59. The Balaban J connectivity index is 2.06. The van der Waals surface area contributed by atoms with E-state index in [9.17, 15) is 4.79 Å². The lowest BCUT2D eigenvalue weighted by Crippen LogP contribution is -2.37. The lowest BCUT2D eigenvalue weighted by Gasteiger charge is -2.22. The van der Waals surface area contributed by atoms with Crippen LogP contribution in [0, 0.1) is 0 Å². The van der Waals surface area contributed by atoms with Gasteiger partial charge in [-0.2, -0.15) is 0 Å². The first-order valence-electron chi connectivity index (χ1n) is 6.89. The molecule has 1 atom stereocenters. The summed E-state index contributed by atoms with van der Waals surface area (Å²) in [5.41, 5.74) is 1.81. The summed E-state index contributed by atoms with van der Waals surface area (Å²) in [7, 11) is 1.60. The van der Waals surface area contributed by atoms with Crippen molar-refractivity contribution in [3.63, 3.8) is 0 Å². The van der Waals surface area contributed by atoms with Crippen molar-refractivity contribution in [3.05, 3.63) is 54.1 Å². The van der Waals surface area contributed by atoms with Crippen LogP contribution in [0.2, 0.25) is 0 Å². The Bertz CT molecular complexity index is 654. The lowest BCUT2D eigenvalue weighted by atomic mass is 10.1. The smallest absolute Gasteiger partial charge is 0.268 e. The fourth-order valence-corrected chi connectivity index (χ4v) is 2.50. The number of anilines is 1. The van der Waals surface area contributed by atoms with Crippen LogP contribution in [0.5, 0.6) is 11.5 Å². The van der Waals surface area contributed by atoms with Gasteiger partial charge in [0, 0.05) is 11.3 Å². The summed E-state index contributed by atoms with van der Waals surface area (Å²) in [4.78, 5) is 14.3. The Morgan fingerprint density at radius 3 is 2.62 bits per heavy atom. The SMILES string of the molecule is COc1cccc2c1O[C@H](C)C(=O)N(c1ccccc1)C2. The average molecular weight is 283 g/mol. The Labute approximate surface area is 123 Å². The molecule has 3 rings (SSSR count). The van der Waals surface area contributed by atoms with Gasteiger partial charge in [-0.25, -0.2) is 0 Å². The van der Waals surface area contributed by atoms with Crippen LogP contribution in [0.4, 0.5) is 5.69 Å². The van der Waals surface area contributed by atoms with Crippen LogP contribution in [0.3, 0.4) is 0 Å². The highest BCUT2D eigenvalue weighted by Crippen LogP contribution is 2.36. The van der Waals surface area contributed by atoms with Crippen molar-refractivity contribution in [3.8, 4) is 11.5 Å². The first-order valence-corrected chi connectivity index (χ1v) is 6.89. The maximum Gasteiger partial charge on any atom is 0.268 e. The van der Waals surface area contributed by atoms with Crippen LogP contribution in [-0.4, -0.2) is 19.1 Å². The zero-order valence-electron chi connectivity index (χ0n) is 12.1. The number of hydrogen-bond donors (Lipinski definition) is 0. The van der Waals surface area contributed by atoms with Gasteiger partial charge in [0.25, 0.3) is 5.91 Å². The van der Waals surface area contributed by atoms with E-state index in [2.05, 4.69) is 0 Å². The number of benzene rings is 2. The molecular weight excluding hydrogens is 266 g/mol. The molecule has 1 aliphatic rings. The van der Waals surface area contributed by atoms with E-state index >= 15 is 0 Å². The number of para-hydroxylation sites is 2. The molecule has 0 aliphatic carbocycles. The van der Waals surface area contributed by atoms with Gasteiger partial charge in [0.15, 0.2) is 17.6 Å². The fourth-order valence-electron chi connectivity index (χ4n) is 2.50. The highest BCUT2D eigenvalue weighted by atomic mass is 16.5. The third kappa shape index (κ3) is 2.44. The standard InChI is InChI=1S/C17H17NO3/c1-12-17(19)18(14-8-4-3-5-9-14)11-13-7-6-10-15(20-2)16(13)21-12/h3-10,12H,11H2,1-2H3/t12-/m1/s1. The van der Waals surface area contributed by atoms with E-state index in [1.807, 2.05) is 48.5 Å². The van der Waals surface area contributed by atoms with Gasteiger partial charge in [-0.05, 0) is 25.1 Å². The van der Waals surface area contributed by atoms with Crippen molar-refractivity contribution in [2.24, 2.45) is 0 Å². The predicted molar refractivity (Wildman–Crippen MR) is 80.7 cm³/mol. The first kappa shape index (κ1) is 13.5. The second-order valence-electron chi connectivity index (χ2n) is 4.97. The molecule has 0 saturated carbocycles. The molecule has 0 radical (unpaired) electrons. The second-order valence-corrected chi connectivity index (χ2v) is 4.97. The minimum atomic E-state index is -0.553. The topological polar surface area (TPSA) is 38.8 Å². The van der Waals surface area contributed by atoms with Crippen molar-refractivity contribution >= 4 is 11.6 Å². The Morgan fingerprint density at radius 2 is 1.90 bits per heavy atom. The normalized spacial score (nSPS) is 17.7. The van der Waals surface area contributed by atoms with E-state index in [1.165, 1.54) is 0 Å². The van der Waals surface area contributed by atoms with Gasteiger partial charge in [-0.15, -0.1) is 0 Å². The molecule has 0 unspecified atom stereocenters. The number of amides is 1. The maximum atomic E-state index is 12.6. The molecule has 1 heterocycles. The molecule has 1 aliphatic heterocycles. The number of hydrogen-bond acceptors (Lipinski definition) is 3. The maximum absolute atomic E-state index is 12.6. The number of methoxy groups -OCH3 is 1. The minimum absolute atomic E-state index is 0.0561. The lowest BCUT2D eigenvalue weighted by molar-refractivity contribution is -0.124. The van der Waals surface area contributed by atoms with Crippen LogP contribution in [-0.2, 0) is 11.3 Å². The zero-order valence-corrected chi connectivity index (χ0v) is 12.1. The minimum Gasteiger partial charge on any atom is -0.493 e. The second kappa shape index (κ2) is 5.48. The molecule has 21 heavy (non-hydrogen) atoms. The molecule has 4 heteroatoms. The van der Waals surface area contributed by atoms with Gasteiger partial charge in [0.1, 0.15) is 0 Å². The largest absolute Gasteiger partial charge is 0.493 e. The van der Waals surface area contributed by atoms with Crippen molar-refractivity contribution in [2.75, 3.05) is 12.0 Å². The van der Waals surface area contributed by atoms with Gasteiger partial charge in [0.05, 0.1) is 13.7 Å². The van der Waals surface area contributed by atoms with E-state index in [0.717, 1.165) is 11.3 Å².